The molecule has 3 aromatic carbocycles. The van der Waals surface area contributed by atoms with Gasteiger partial charge in [-0.25, -0.2) is 4.79 Å². The minimum atomic E-state index is -1.00. The first-order chi connectivity index (χ1) is 22.5. The number of hydrogen-bond acceptors (Lipinski definition) is 7. The summed E-state index contributed by atoms with van der Waals surface area (Å²) >= 11 is 1.45. The number of fused-ring (bicyclic) bond motifs is 3. The molecule has 3 atom stereocenters. The first-order valence-corrected chi connectivity index (χ1v) is 16.9. The third-order valence-corrected chi connectivity index (χ3v) is 9.25. The molecule has 0 aromatic heterocycles. The molecule has 0 unspecified atom stereocenters. The van der Waals surface area contributed by atoms with Crippen molar-refractivity contribution in [2.24, 2.45) is 11.7 Å². The Balaban J connectivity index is 1.37. The van der Waals surface area contributed by atoms with Crippen LogP contribution in [0.15, 0.2) is 66.7 Å². The third-order valence-electron chi connectivity index (χ3n) is 8.16. The summed E-state index contributed by atoms with van der Waals surface area (Å²) < 4.78 is 10.9. The maximum atomic E-state index is 13.4. The topological polar surface area (TPSA) is 149 Å². The minimum absolute atomic E-state index is 0.102. The van der Waals surface area contributed by atoms with Gasteiger partial charge in [0.2, 0.25) is 17.7 Å². The number of ether oxygens (including phenoxy) is 2. The lowest BCUT2D eigenvalue weighted by molar-refractivity contribution is -0.131. The van der Waals surface area contributed by atoms with Crippen LogP contribution in [0.2, 0.25) is 0 Å². The van der Waals surface area contributed by atoms with Crippen molar-refractivity contribution in [2.75, 3.05) is 19.5 Å². The van der Waals surface area contributed by atoms with Crippen molar-refractivity contribution >= 4 is 35.6 Å². The average Bonchev–Trinajstić information content (AvgIpc) is 3.36. The zero-order chi connectivity index (χ0) is 34.1. The molecule has 0 saturated heterocycles. The number of carbonyl (C=O) groups is 4. The number of hydrogen-bond donors (Lipinski definition) is 4. The van der Waals surface area contributed by atoms with Crippen molar-refractivity contribution in [3.05, 3.63) is 89.0 Å². The highest BCUT2D eigenvalue weighted by Crippen LogP contribution is 2.44. The van der Waals surface area contributed by atoms with Gasteiger partial charge >= 0.3 is 6.09 Å². The summed E-state index contributed by atoms with van der Waals surface area (Å²) in [5.41, 5.74) is 12.0. The van der Waals surface area contributed by atoms with E-state index < -0.39 is 41.9 Å². The number of amides is 4. The number of rotatable bonds is 15. The fourth-order valence-electron chi connectivity index (χ4n) is 5.60. The largest absolute Gasteiger partial charge is 0.497 e. The predicted molar refractivity (Wildman–Crippen MR) is 184 cm³/mol. The number of thioether (sulfide) groups is 1. The molecule has 0 spiro atoms. The van der Waals surface area contributed by atoms with E-state index in [2.05, 4.69) is 28.1 Å². The van der Waals surface area contributed by atoms with Gasteiger partial charge in [0.25, 0.3) is 0 Å². The van der Waals surface area contributed by atoms with Crippen LogP contribution in [-0.4, -0.2) is 61.4 Å². The molecule has 0 radical (unpaired) electrons. The van der Waals surface area contributed by atoms with Crippen molar-refractivity contribution in [1.82, 2.24) is 16.0 Å². The highest BCUT2D eigenvalue weighted by Gasteiger charge is 2.31. The molecule has 3 aromatic rings. The third kappa shape index (κ3) is 9.28. The van der Waals surface area contributed by atoms with E-state index in [0.29, 0.717) is 12.2 Å². The molecule has 11 heteroatoms. The zero-order valence-corrected chi connectivity index (χ0v) is 28.3. The van der Waals surface area contributed by atoms with Gasteiger partial charge in [0.15, 0.2) is 0 Å². The highest BCUT2D eigenvalue weighted by atomic mass is 32.2. The van der Waals surface area contributed by atoms with Gasteiger partial charge in [0.1, 0.15) is 30.5 Å². The summed E-state index contributed by atoms with van der Waals surface area (Å²) in [7, 11) is 1.61. The second kappa shape index (κ2) is 16.4. The van der Waals surface area contributed by atoms with Gasteiger partial charge in [0.05, 0.1) is 7.11 Å². The number of nitrogens with one attached hydrogen (secondary N) is 3. The minimum Gasteiger partial charge on any atom is -0.497 e. The second-order valence-electron chi connectivity index (χ2n) is 12.2. The van der Waals surface area contributed by atoms with E-state index in [-0.39, 0.29) is 24.2 Å². The van der Waals surface area contributed by atoms with Gasteiger partial charge in [-0.15, -0.1) is 0 Å². The lowest BCUT2D eigenvalue weighted by atomic mass is 9.98. The number of alkyl carbamates (subject to hydrolysis) is 1. The van der Waals surface area contributed by atoms with Crippen LogP contribution in [0.25, 0.3) is 11.1 Å². The summed E-state index contributed by atoms with van der Waals surface area (Å²) in [6, 6.07) is 18.9. The van der Waals surface area contributed by atoms with E-state index in [1.165, 1.54) is 18.7 Å². The molecule has 4 rings (SSSR count). The van der Waals surface area contributed by atoms with Crippen molar-refractivity contribution < 1.29 is 28.7 Å². The Morgan fingerprint density at radius 3 is 2.04 bits per heavy atom. The van der Waals surface area contributed by atoms with Gasteiger partial charge in [-0.2, -0.15) is 11.8 Å². The quantitative estimate of drug-likeness (QED) is 0.185. The molecule has 0 saturated carbocycles. The van der Waals surface area contributed by atoms with Crippen molar-refractivity contribution in [3.63, 3.8) is 0 Å². The molecule has 1 aliphatic rings. The molecular weight excluding hydrogens is 616 g/mol. The van der Waals surface area contributed by atoms with Crippen LogP contribution in [0.3, 0.4) is 0 Å². The molecule has 0 fully saturated rings. The molecule has 4 amide bonds. The van der Waals surface area contributed by atoms with Crippen LogP contribution in [0.5, 0.6) is 5.75 Å². The van der Waals surface area contributed by atoms with Crippen LogP contribution in [-0.2, 0) is 24.9 Å². The van der Waals surface area contributed by atoms with E-state index in [9.17, 15) is 19.2 Å². The van der Waals surface area contributed by atoms with Crippen LogP contribution in [0, 0.1) is 12.8 Å². The Bertz CT molecular complexity index is 1550. The molecular formula is C36H44N4O6S. The normalized spacial score (nSPS) is 13.9. The maximum Gasteiger partial charge on any atom is 0.407 e. The fourth-order valence-corrected chi connectivity index (χ4v) is 6.73. The molecule has 0 heterocycles. The van der Waals surface area contributed by atoms with E-state index in [1.54, 1.807) is 7.11 Å². The molecule has 250 valence electrons. The first-order valence-electron chi connectivity index (χ1n) is 15.7. The zero-order valence-electron chi connectivity index (χ0n) is 27.5. The summed E-state index contributed by atoms with van der Waals surface area (Å²) in [4.78, 5) is 51.5. The Hall–Kier alpha value is -4.51. The van der Waals surface area contributed by atoms with E-state index in [1.807, 2.05) is 75.4 Å². The Morgan fingerprint density at radius 2 is 1.47 bits per heavy atom. The van der Waals surface area contributed by atoms with Crippen molar-refractivity contribution in [3.8, 4) is 16.9 Å². The second-order valence-corrected chi connectivity index (χ2v) is 13.2. The van der Waals surface area contributed by atoms with Gasteiger partial charge in [0, 0.05) is 17.4 Å². The SMILES string of the molecule is COc1ccc(CSC[C@H](NC(=O)[C@H](C)NC(=O)OCC2c3ccccc3-c3ccccc32)C(=O)N[C@@H](CC(C)C)C(N)=O)c(C)c1. The van der Waals surface area contributed by atoms with Crippen LogP contribution in [0.1, 0.15) is 55.4 Å². The van der Waals surface area contributed by atoms with Crippen LogP contribution < -0.4 is 26.4 Å². The number of nitrogens with two attached hydrogens (primary N) is 1. The number of primary amides is 1. The number of carbonyl (C=O) groups excluding carboxylic acids is 4. The summed E-state index contributed by atoms with van der Waals surface area (Å²) in [5.74, 6) is -0.225. The van der Waals surface area contributed by atoms with E-state index >= 15 is 0 Å². The average molecular weight is 661 g/mol. The highest BCUT2D eigenvalue weighted by molar-refractivity contribution is 7.98. The standard InChI is InChI=1S/C36H44N4O6S/c1-21(2)16-31(33(37)41)39-35(43)32(20-47-19-24-14-15-25(45-5)17-22(24)3)40-34(42)23(4)38-36(44)46-18-30-28-12-8-6-10-26(28)27-11-7-9-13-29(27)30/h6-15,17,21,23,30-32H,16,18-20H2,1-5H3,(H2,37,41)(H,38,44)(H,39,43)(H,40,42)/t23-,31-,32-/m0/s1. The van der Waals surface area contributed by atoms with Crippen LogP contribution in [0.4, 0.5) is 4.79 Å². The molecule has 47 heavy (non-hydrogen) atoms. The Labute approximate surface area is 280 Å². The lowest BCUT2D eigenvalue weighted by Crippen LogP contribution is -2.57. The Kier molecular flexibility index (Phi) is 12.3. The lowest BCUT2D eigenvalue weighted by Gasteiger charge is -2.24. The van der Waals surface area contributed by atoms with Crippen molar-refractivity contribution in [1.29, 1.82) is 0 Å². The van der Waals surface area contributed by atoms with Gasteiger partial charge in [-0.05, 0) is 71.7 Å². The van der Waals surface area contributed by atoms with Gasteiger partial charge in [-0.1, -0.05) is 68.4 Å². The summed E-state index contributed by atoms with van der Waals surface area (Å²) in [6.07, 6.45) is -0.384. The fraction of sp³-hybridized carbons (Fsp3) is 0.389. The molecule has 5 N–H and O–H groups in total. The molecule has 0 aliphatic heterocycles. The van der Waals surface area contributed by atoms with E-state index in [0.717, 1.165) is 39.1 Å². The first kappa shape index (κ1) is 35.3. The molecule has 1 aliphatic carbocycles. The van der Waals surface area contributed by atoms with Gasteiger partial charge in [-0.3, -0.25) is 14.4 Å². The summed E-state index contributed by atoms with van der Waals surface area (Å²) in [5, 5.41) is 8.04. The Morgan fingerprint density at radius 1 is 0.851 bits per heavy atom. The molecule has 0 bridgehead atoms. The van der Waals surface area contributed by atoms with Crippen LogP contribution >= 0.6 is 11.8 Å². The van der Waals surface area contributed by atoms with Crippen molar-refractivity contribution in [2.45, 2.75) is 63.9 Å². The number of aryl methyl sites for hydroxylation is 1. The molecule has 10 nitrogen and oxygen atoms in total. The maximum absolute atomic E-state index is 13.4. The smallest absolute Gasteiger partial charge is 0.407 e. The monoisotopic (exact) mass is 660 g/mol. The predicted octanol–water partition coefficient (Wildman–Crippen LogP) is 4.67. The number of methoxy groups -OCH3 is 1. The van der Waals surface area contributed by atoms with E-state index in [4.69, 9.17) is 15.2 Å². The summed E-state index contributed by atoms with van der Waals surface area (Å²) in [6.45, 7) is 7.44. The van der Waals surface area contributed by atoms with Gasteiger partial charge < -0.3 is 31.2 Å². The number of benzene rings is 3.